The van der Waals surface area contributed by atoms with Gasteiger partial charge < -0.3 is 30.5 Å². The molecule has 5 atom stereocenters. The standard InChI is InChI=1S/C36H47N5O9S/c1-21-30(42)25(26-18-24(50-3)12-14-27(26)37-21)13-11-22-17-29-31(43)39-36(33(45)40-51(48,49)35(2)15-16-35)19-23(36)9-7-5-4-6-8-10-28(38-34(46)47)32(44)41(29)20-22/h7,9,12,14,18,22-23,28-29,38,42H,4-6,8,10-11,13,15-17,19-20H2,1-3H3,(H,39,43)(H,40,45)(H,46,47). The predicted molar refractivity (Wildman–Crippen MR) is 187 cm³/mol. The topological polar surface area (TPSA) is 204 Å². The molecule has 4 aliphatic rings. The largest absolute Gasteiger partial charge is 0.506 e. The predicted octanol–water partition coefficient (Wildman–Crippen LogP) is 3.44. The highest BCUT2D eigenvalue weighted by atomic mass is 32.2. The molecular formula is C36H47N5O9S. The van der Waals surface area contributed by atoms with Gasteiger partial charge in [0.25, 0.3) is 5.91 Å². The van der Waals surface area contributed by atoms with E-state index in [1.165, 1.54) is 4.90 Å². The highest BCUT2D eigenvalue weighted by Gasteiger charge is 2.63. The van der Waals surface area contributed by atoms with Gasteiger partial charge in [0.05, 0.1) is 23.1 Å². The summed E-state index contributed by atoms with van der Waals surface area (Å²) in [6.07, 6.45) is 7.62. The molecule has 0 radical (unpaired) electrons. The lowest BCUT2D eigenvalue weighted by Gasteiger charge is -2.30. The highest BCUT2D eigenvalue weighted by molar-refractivity contribution is 7.91. The number of nitrogens with zero attached hydrogens (tertiary/aromatic N) is 2. The average Bonchev–Trinajstić information content (AvgIpc) is 3.96. The van der Waals surface area contributed by atoms with Gasteiger partial charge in [-0.05, 0) is 95.8 Å². The number of rotatable bonds is 8. The summed E-state index contributed by atoms with van der Waals surface area (Å²) in [5.74, 6) is -1.93. The minimum atomic E-state index is -3.98. The Morgan fingerprint density at radius 1 is 1.18 bits per heavy atom. The Bertz CT molecular complexity index is 1880. The number of pyridine rings is 1. The molecule has 2 aromatic rings. The van der Waals surface area contributed by atoms with E-state index in [2.05, 4.69) is 20.3 Å². The number of carbonyl (C=O) groups is 4. The second kappa shape index (κ2) is 14.0. The van der Waals surface area contributed by atoms with Crippen molar-refractivity contribution in [3.8, 4) is 11.5 Å². The van der Waals surface area contributed by atoms with Crippen molar-refractivity contribution in [1.82, 2.24) is 25.2 Å². The molecule has 6 rings (SSSR count). The molecule has 1 saturated heterocycles. The number of carbonyl (C=O) groups excluding carboxylic acids is 3. The van der Waals surface area contributed by atoms with Crippen LogP contribution in [0.3, 0.4) is 0 Å². The monoisotopic (exact) mass is 725 g/mol. The van der Waals surface area contributed by atoms with Crippen LogP contribution in [0.1, 0.15) is 82.4 Å². The summed E-state index contributed by atoms with van der Waals surface area (Å²) in [7, 11) is -2.43. The minimum absolute atomic E-state index is 0.0546. The number of nitrogens with one attached hydrogen (secondary N) is 3. The molecule has 2 aliphatic carbocycles. The summed E-state index contributed by atoms with van der Waals surface area (Å²) < 4.78 is 32.7. The molecule has 4 amide bonds. The number of hydrogen-bond donors (Lipinski definition) is 5. The highest BCUT2D eigenvalue weighted by Crippen LogP contribution is 2.47. The number of aromatic hydroxyl groups is 1. The Labute approximate surface area is 297 Å². The molecule has 2 saturated carbocycles. The van der Waals surface area contributed by atoms with Crippen LogP contribution >= 0.6 is 0 Å². The van der Waals surface area contributed by atoms with E-state index in [-0.39, 0.29) is 37.5 Å². The summed E-state index contributed by atoms with van der Waals surface area (Å²) in [4.78, 5) is 59.8. The van der Waals surface area contributed by atoms with Crippen LogP contribution in [0.15, 0.2) is 30.4 Å². The van der Waals surface area contributed by atoms with Gasteiger partial charge in [-0.2, -0.15) is 0 Å². The molecule has 51 heavy (non-hydrogen) atoms. The van der Waals surface area contributed by atoms with Crippen molar-refractivity contribution >= 4 is 44.7 Å². The molecular weight excluding hydrogens is 678 g/mol. The van der Waals surface area contributed by atoms with Crippen LogP contribution in [0.2, 0.25) is 0 Å². The first-order valence-corrected chi connectivity index (χ1v) is 19.2. The quantitative estimate of drug-likeness (QED) is 0.251. The molecule has 3 heterocycles. The summed E-state index contributed by atoms with van der Waals surface area (Å²) in [6, 6.07) is 3.30. The van der Waals surface area contributed by atoms with Crippen LogP contribution in [0, 0.1) is 18.8 Å². The fourth-order valence-electron chi connectivity index (χ4n) is 7.51. The molecule has 5 N–H and O–H groups in total. The van der Waals surface area contributed by atoms with Crippen LogP contribution in [0.4, 0.5) is 4.79 Å². The van der Waals surface area contributed by atoms with Crippen LogP contribution < -0.4 is 20.1 Å². The molecule has 15 heteroatoms. The summed E-state index contributed by atoms with van der Waals surface area (Å²) in [6.45, 7) is 3.45. The molecule has 276 valence electrons. The zero-order valence-electron chi connectivity index (χ0n) is 29.2. The first-order chi connectivity index (χ1) is 24.2. The van der Waals surface area contributed by atoms with E-state index < -0.39 is 62.1 Å². The lowest BCUT2D eigenvalue weighted by atomic mass is 9.94. The van der Waals surface area contributed by atoms with E-state index in [1.54, 1.807) is 27.0 Å². The number of fused-ring (bicyclic) bond motifs is 3. The van der Waals surface area contributed by atoms with Crippen molar-refractivity contribution in [1.29, 1.82) is 0 Å². The van der Waals surface area contributed by atoms with Gasteiger partial charge >= 0.3 is 6.09 Å². The minimum Gasteiger partial charge on any atom is -0.506 e. The molecule has 3 fully saturated rings. The molecule has 5 unspecified atom stereocenters. The van der Waals surface area contributed by atoms with Crippen LogP contribution in [-0.4, -0.2) is 88.4 Å². The Morgan fingerprint density at radius 3 is 2.65 bits per heavy atom. The fraction of sp³-hybridized carbons (Fsp3) is 0.583. The molecule has 1 aromatic heterocycles. The number of sulfonamides is 1. The van der Waals surface area contributed by atoms with Gasteiger partial charge in [-0.1, -0.05) is 25.0 Å². The SMILES string of the molecule is COc1ccc2nc(C)c(O)c(CCC3CC4C(=O)NC5(C(=O)NS(=O)(=O)C6(C)CC6)CC5C=CCCCCCC(NC(=O)O)C(=O)N4C3)c2c1. The van der Waals surface area contributed by atoms with E-state index in [1.807, 2.05) is 24.3 Å². The van der Waals surface area contributed by atoms with Gasteiger partial charge in [0.15, 0.2) is 0 Å². The van der Waals surface area contributed by atoms with Crippen molar-refractivity contribution in [3.05, 3.63) is 41.6 Å². The van der Waals surface area contributed by atoms with Gasteiger partial charge in [0.1, 0.15) is 29.1 Å². The number of methoxy groups -OCH3 is 1. The first kappa shape index (κ1) is 36.4. The zero-order chi connectivity index (χ0) is 36.7. The van der Waals surface area contributed by atoms with Crippen molar-refractivity contribution in [2.75, 3.05) is 13.7 Å². The summed E-state index contributed by atoms with van der Waals surface area (Å²) in [5, 5.41) is 26.6. The Hall–Kier alpha value is -4.40. The van der Waals surface area contributed by atoms with Gasteiger partial charge in [-0.3, -0.25) is 19.1 Å². The number of benzene rings is 1. The van der Waals surface area contributed by atoms with Gasteiger partial charge in [0, 0.05) is 23.4 Å². The van der Waals surface area contributed by atoms with E-state index in [9.17, 15) is 37.8 Å². The van der Waals surface area contributed by atoms with Crippen molar-refractivity contribution < 1.29 is 42.5 Å². The lowest BCUT2D eigenvalue weighted by molar-refractivity contribution is -0.141. The number of amides is 4. The number of carboxylic acid groups (broad SMARTS) is 1. The maximum Gasteiger partial charge on any atom is 0.405 e. The number of hydrogen-bond acceptors (Lipinski definition) is 9. The average molecular weight is 726 g/mol. The number of aryl methyl sites for hydroxylation is 2. The summed E-state index contributed by atoms with van der Waals surface area (Å²) >= 11 is 0. The first-order valence-electron chi connectivity index (χ1n) is 17.7. The molecule has 0 bridgehead atoms. The maximum absolute atomic E-state index is 14.2. The van der Waals surface area contributed by atoms with Crippen molar-refractivity contribution in [2.45, 2.75) is 107 Å². The Kier molecular flexibility index (Phi) is 9.96. The number of aromatic nitrogens is 1. The third-order valence-corrected chi connectivity index (χ3v) is 13.3. The normalized spacial score (nSPS) is 27.7. The Balaban J connectivity index is 1.29. The Morgan fingerprint density at radius 2 is 1.94 bits per heavy atom. The van der Waals surface area contributed by atoms with Crippen LogP contribution in [-0.2, 0) is 30.8 Å². The van der Waals surface area contributed by atoms with Gasteiger partial charge in [-0.25, -0.2) is 18.2 Å². The molecule has 0 spiro atoms. The van der Waals surface area contributed by atoms with Gasteiger partial charge in [0.2, 0.25) is 21.8 Å². The number of ether oxygens (including phenoxy) is 1. The molecule has 14 nitrogen and oxygen atoms in total. The van der Waals surface area contributed by atoms with E-state index in [0.717, 1.165) is 18.2 Å². The van der Waals surface area contributed by atoms with E-state index >= 15 is 0 Å². The fourth-order valence-corrected chi connectivity index (χ4v) is 8.82. The van der Waals surface area contributed by atoms with Crippen molar-refractivity contribution in [3.63, 3.8) is 0 Å². The molecule has 2 aliphatic heterocycles. The second-order valence-electron chi connectivity index (χ2n) is 14.8. The zero-order valence-corrected chi connectivity index (χ0v) is 30.1. The third-order valence-electron chi connectivity index (χ3n) is 11.1. The van der Waals surface area contributed by atoms with Gasteiger partial charge in [-0.15, -0.1) is 0 Å². The maximum atomic E-state index is 14.2. The van der Waals surface area contributed by atoms with E-state index in [0.29, 0.717) is 61.0 Å². The lowest BCUT2D eigenvalue weighted by Crippen LogP contribution is -2.58. The van der Waals surface area contributed by atoms with Crippen molar-refractivity contribution in [2.24, 2.45) is 11.8 Å². The van der Waals surface area contributed by atoms with E-state index in [4.69, 9.17) is 4.74 Å². The summed E-state index contributed by atoms with van der Waals surface area (Å²) in [5.41, 5.74) is 0.311. The van der Waals surface area contributed by atoms with Crippen LogP contribution in [0.5, 0.6) is 11.5 Å². The smallest absolute Gasteiger partial charge is 0.405 e. The number of allylic oxidation sites excluding steroid dienone is 1. The molecule has 1 aromatic carbocycles. The third kappa shape index (κ3) is 7.35. The van der Waals surface area contributed by atoms with Crippen LogP contribution in [0.25, 0.3) is 10.9 Å². The second-order valence-corrected chi connectivity index (χ2v) is 17.0.